The van der Waals surface area contributed by atoms with Gasteiger partial charge in [-0.2, -0.15) is 0 Å². The first kappa shape index (κ1) is 16.9. The van der Waals surface area contributed by atoms with Gasteiger partial charge < -0.3 is 24.8 Å². The quantitative estimate of drug-likeness (QED) is 0.622. The highest BCUT2D eigenvalue weighted by Crippen LogP contribution is 1.92. The second-order valence-corrected chi connectivity index (χ2v) is 2.85. The van der Waals surface area contributed by atoms with Crippen molar-refractivity contribution in [3.63, 3.8) is 0 Å². The zero-order valence-electron chi connectivity index (χ0n) is 9.38. The van der Waals surface area contributed by atoms with Gasteiger partial charge >= 0.3 is 12.3 Å². The van der Waals surface area contributed by atoms with Crippen LogP contribution in [0.1, 0.15) is 26.7 Å². The molecule has 0 rings (SSSR count). The van der Waals surface area contributed by atoms with Gasteiger partial charge in [-0.25, -0.2) is 9.59 Å². The molecule has 0 saturated carbocycles. The Morgan fingerprint density at radius 2 is 1.81 bits per heavy atom. The first-order valence-electron chi connectivity index (χ1n) is 4.80. The Kier molecular flexibility index (Phi) is 12.2. The van der Waals surface area contributed by atoms with Crippen LogP contribution < -0.4 is 0 Å². The fourth-order valence-corrected chi connectivity index (χ4v) is 0.553. The van der Waals surface area contributed by atoms with Crippen LogP contribution in [-0.2, 0) is 9.47 Å². The van der Waals surface area contributed by atoms with Crippen molar-refractivity contribution in [1.29, 1.82) is 0 Å². The number of aliphatic hydroxyl groups excluding tert-OH is 1. The standard InChI is InChI=1S/C5H8O6.C4H10O/c1-3(11-5(8)9)2-10-4(6)7;1-2-3-4-5/h3H,2H2,1H3,(H,6,7)(H,8,9);5H,2-4H2,1H3. The van der Waals surface area contributed by atoms with E-state index in [1.807, 2.05) is 0 Å². The number of carbonyl (C=O) groups is 2. The maximum Gasteiger partial charge on any atom is 0.506 e. The average molecular weight is 238 g/mol. The maximum absolute atomic E-state index is 9.83. The third kappa shape index (κ3) is 18.3. The number of aliphatic hydroxyl groups is 1. The van der Waals surface area contributed by atoms with Crippen LogP contribution in [0.3, 0.4) is 0 Å². The van der Waals surface area contributed by atoms with Gasteiger partial charge in [0.2, 0.25) is 0 Å². The lowest BCUT2D eigenvalue weighted by molar-refractivity contribution is 0.0122. The van der Waals surface area contributed by atoms with Gasteiger partial charge in [-0.3, -0.25) is 0 Å². The molecule has 0 heterocycles. The van der Waals surface area contributed by atoms with Crippen molar-refractivity contribution < 1.29 is 34.4 Å². The van der Waals surface area contributed by atoms with Crippen LogP contribution in [0.4, 0.5) is 9.59 Å². The molecule has 0 saturated heterocycles. The predicted octanol–water partition coefficient (Wildman–Crippen LogP) is 1.54. The summed E-state index contributed by atoms with van der Waals surface area (Å²) in [4.78, 5) is 19.6. The SMILES string of the molecule is CC(COC(=O)O)OC(=O)O.CCCCO. The monoisotopic (exact) mass is 238 g/mol. The molecule has 7 heteroatoms. The fourth-order valence-electron chi connectivity index (χ4n) is 0.553. The number of unbranched alkanes of at least 4 members (excludes halogenated alkanes) is 1. The topological polar surface area (TPSA) is 113 Å². The minimum atomic E-state index is -1.45. The van der Waals surface area contributed by atoms with E-state index in [9.17, 15) is 9.59 Å². The summed E-state index contributed by atoms with van der Waals surface area (Å²) in [5.74, 6) is 0. The molecule has 0 spiro atoms. The van der Waals surface area contributed by atoms with Crippen molar-refractivity contribution in [3.8, 4) is 0 Å². The summed E-state index contributed by atoms with van der Waals surface area (Å²) in [6.45, 7) is 3.49. The summed E-state index contributed by atoms with van der Waals surface area (Å²) in [5, 5.41) is 24.1. The second-order valence-electron chi connectivity index (χ2n) is 2.85. The molecule has 0 aromatic heterocycles. The van der Waals surface area contributed by atoms with Gasteiger partial charge in [0.15, 0.2) is 0 Å². The molecular formula is C9H18O7. The Labute approximate surface area is 93.6 Å². The van der Waals surface area contributed by atoms with Gasteiger partial charge in [0.1, 0.15) is 12.7 Å². The number of rotatable bonds is 5. The van der Waals surface area contributed by atoms with E-state index < -0.39 is 18.4 Å². The molecule has 96 valence electrons. The highest BCUT2D eigenvalue weighted by Gasteiger charge is 2.09. The Morgan fingerprint density at radius 3 is 2.06 bits per heavy atom. The average Bonchev–Trinajstić information content (AvgIpc) is 2.16. The van der Waals surface area contributed by atoms with E-state index in [4.69, 9.17) is 15.3 Å². The van der Waals surface area contributed by atoms with E-state index in [-0.39, 0.29) is 6.61 Å². The van der Waals surface area contributed by atoms with Crippen molar-refractivity contribution in [2.75, 3.05) is 13.2 Å². The van der Waals surface area contributed by atoms with Gasteiger partial charge in [0.25, 0.3) is 0 Å². The number of hydrogen-bond acceptors (Lipinski definition) is 5. The van der Waals surface area contributed by atoms with Crippen LogP contribution in [0, 0.1) is 0 Å². The van der Waals surface area contributed by atoms with Crippen LogP contribution in [0.15, 0.2) is 0 Å². The summed E-state index contributed by atoms with van der Waals surface area (Å²) in [6.07, 6.45) is -1.64. The van der Waals surface area contributed by atoms with Crippen molar-refractivity contribution in [3.05, 3.63) is 0 Å². The number of ether oxygens (including phenoxy) is 2. The summed E-state index contributed by atoms with van der Waals surface area (Å²) < 4.78 is 8.16. The van der Waals surface area contributed by atoms with E-state index >= 15 is 0 Å². The zero-order chi connectivity index (χ0) is 13.0. The molecule has 0 bridgehead atoms. The molecule has 0 aromatic carbocycles. The molecule has 3 N–H and O–H groups in total. The molecule has 1 unspecified atom stereocenters. The lowest BCUT2D eigenvalue weighted by Gasteiger charge is -2.08. The molecule has 0 aliphatic carbocycles. The molecule has 16 heavy (non-hydrogen) atoms. The molecule has 0 amide bonds. The van der Waals surface area contributed by atoms with Crippen LogP contribution in [0.2, 0.25) is 0 Å². The van der Waals surface area contributed by atoms with Crippen molar-refractivity contribution in [2.45, 2.75) is 32.8 Å². The first-order chi connectivity index (χ1) is 7.43. The first-order valence-corrected chi connectivity index (χ1v) is 4.80. The Bertz CT molecular complexity index is 190. The van der Waals surface area contributed by atoms with Crippen molar-refractivity contribution in [2.24, 2.45) is 0 Å². The summed E-state index contributed by atoms with van der Waals surface area (Å²) in [7, 11) is 0. The fraction of sp³-hybridized carbons (Fsp3) is 0.778. The van der Waals surface area contributed by atoms with Crippen LogP contribution in [-0.4, -0.2) is 46.9 Å². The van der Waals surface area contributed by atoms with Gasteiger partial charge in [0, 0.05) is 6.61 Å². The minimum absolute atomic E-state index is 0.290. The number of carboxylic acid groups (broad SMARTS) is 2. The van der Waals surface area contributed by atoms with Crippen LogP contribution in [0.5, 0.6) is 0 Å². The van der Waals surface area contributed by atoms with E-state index in [2.05, 4.69) is 16.4 Å². The predicted molar refractivity (Wildman–Crippen MR) is 54.5 cm³/mol. The van der Waals surface area contributed by atoms with Gasteiger partial charge in [-0.1, -0.05) is 13.3 Å². The zero-order valence-corrected chi connectivity index (χ0v) is 9.38. The normalized spacial score (nSPS) is 10.7. The van der Waals surface area contributed by atoms with E-state index in [0.29, 0.717) is 6.61 Å². The molecule has 7 nitrogen and oxygen atoms in total. The molecule has 1 atom stereocenters. The lowest BCUT2D eigenvalue weighted by Crippen LogP contribution is -2.20. The Hall–Kier alpha value is -1.50. The molecular weight excluding hydrogens is 220 g/mol. The molecule has 0 aliphatic rings. The van der Waals surface area contributed by atoms with Gasteiger partial charge in [-0.15, -0.1) is 0 Å². The minimum Gasteiger partial charge on any atom is -0.450 e. The summed E-state index contributed by atoms with van der Waals surface area (Å²) in [5.41, 5.74) is 0. The molecule has 0 aromatic rings. The molecule has 0 fully saturated rings. The smallest absolute Gasteiger partial charge is 0.450 e. The molecule has 0 radical (unpaired) electrons. The third-order valence-corrected chi connectivity index (χ3v) is 1.26. The second kappa shape index (κ2) is 11.6. The Balaban J connectivity index is 0. The van der Waals surface area contributed by atoms with Gasteiger partial charge in [-0.05, 0) is 13.3 Å². The van der Waals surface area contributed by atoms with Crippen LogP contribution in [0.25, 0.3) is 0 Å². The largest absolute Gasteiger partial charge is 0.506 e. The Morgan fingerprint density at radius 1 is 1.25 bits per heavy atom. The lowest BCUT2D eigenvalue weighted by atomic mass is 10.4. The third-order valence-electron chi connectivity index (χ3n) is 1.26. The molecule has 0 aliphatic heterocycles. The maximum atomic E-state index is 9.83. The van der Waals surface area contributed by atoms with Crippen LogP contribution >= 0.6 is 0 Å². The van der Waals surface area contributed by atoms with Crippen molar-refractivity contribution in [1.82, 2.24) is 0 Å². The highest BCUT2D eigenvalue weighted by molar-refractivity contribution is 5.58. The van der Waals surface area contributed by atoms with E-state index in [0.717, 1.165) is 12.8 Å². The van der Waals surface area contributed by atoms with E-state index in [1.165, 1.54) is 6.92 Å². The number of hydrogen-bond donors (Lipinski definition) is 3. The van der Waals surface area contributed by atoms with E-state index in [1.54, 1.807) is 0 Å². The summed E-state index contributed by atoms with van der Waals surface area (Å²) in [6, 6.07) is 0. The van der Waals surface area contributed by atoms with Gasteiger partial charge in [0.05, 0.1) is 0 Å². The summed E-state index contributed by atoms with van der Waals surface area (Å²) >= 11 is 0. The van der Waals surface area contributed by atoms with Crippen molar-refractivity contribution >= 4 is 12.3 Å². The highest BCUT2D eigenvalue weighted by atomic mass is 16.7.